The van der Waals surface area contributed by atoms with Crippen LogP contribution in [0.5, 0.6) is 0 Å². The predicted octanol–water partition coefficient (Wildman–Crippen LogP) is -1.94. The average molecular weight is 178 g/mol. The molecular formula is C7H14O5. The molecule has 0 amide bonds. The molecular weight excluding hydrogens is 164 g/mol. The zero-order chi connectivity index (χ0) is 9.14. The summed E-state index contributed by atoms with van der Waals surface area (Å²) in [6.45, 7) is -0.549. The van der Waals surface area contributed by atoms with Gasteiger partial charge >= 0.3 is 0 Å². The predicted molar refractivity (Wildman–Crippen MR) is 39.2 cm³/mol. The summed E-state index contributed by atoms with van der Waals surface area (Å²) in [4.78, 5) is 0. The number of ether oxygens (including phenoxy) is 1. The Labute approximate surface area is 70.2 Å². The number of rotatable bonds is 2. The lowest BCUT2D eigenvalue weighted by Gasteiger charge is -2.35. The van der Waals surface area contributed by atoms with E-state index in [1.54, 1.807) is 0 Å². The van der Waals surface area contributed by atoms with E-state index in [0.29, 0.717) is 0 Å². The Kier molecular flexibility index (Phi) is 3.42. The van der Waals surface area contributed by atoms with E-state index in [-0.39, 0.29) is 19.6 Å². The Bertz CT molecular complexity index is 128. The molecule has 5 heteroatoms. The van der Waals surface area contributed by atoms with Crippen molar-refractivity contribution in [1.82, 2.24) is 0 Å². The van der Waals surface area contributed by atoms with E-state index < -0.39 is 24.4 Å². The van der Waals surface area contributed by atoms with Gasteiger partial charge < -0.3 is 25.2 Å². The van der Waals surface area contributed by atoms with Gasteiger partial charge in [-0.3, -0.25) is 0 Å². The molecule has 0 aromatic heterocycles. The molecule has 1 aliphatic heterocycles. The highest BCUT2D eigenvalue weighted by molar-refractivity contribution is 4.79. The molecule has 1 heterocycles. The second-order valence-corrected chi connectivity index (χ2v) is 2.98. The maximum absolute atomic E-state index is 9.33. The average Bonchev–Trinajstić information content (AvgIpc) is 2.03. The highest BCUT2D eigenvalue weighted by atomic mass is 16.6. The van der Waals surface area contributed by atoms with E-state index in [0.717, 1.165) is 0 Å². The molecule has 12 heavy (non-hydrogen) atoms. The Hall–Kier alpha value is -0.200. The van der Waals surface area contributed by atoms with E-state index in [1.165, 1.54) is 0 Å². The van der Waals surface area contributed by atoms with Crippen molar-refractivity contribution in [3.8, 4) is 0 Å². The van der Waals surface area contributed by atoms with Crippen LogP contribution >= 0.6 is 0 Å². The van der Waals surface area contributed by atoms with Crippen LogP contribution < -0.4 is 0 Å². The molecule has 0 aromatic rings. The lowest BCUT2D eigenvalue weighted by molar-refractivity contribution is -0.237. The minimum absolute atomic E-state index is 0.230. The number of hydrogen-bond donors (Lipinski definition) is 4. The van der Waals surface area contributed by atoms with Gasteiger partial charge in [-0.05, 0) is 0 Å². The van der Waals surface area contributed by atoms with Crippen LogP contribution in [0.3, 0.4) is 0 Å². The molecule has 0 aliphatic carbocycles. The summed E-state index contributed by atoms with van der Waals surface area (Å²) in [6.07, 6.45) is -2.27. The van der Waals surface area contributed by atoms with Gasteiger partial charge in [0.2, 0.25) is 0 Å². The largest absolute Gasteiger partial charge is 0.396 e. The van der Waals surface area contributed by atoms with E-state index in [9.17, 15) is 10.2 Å². The first-order valence-corrected chi connectivity index (χ1v) is 3.92. The van der Waals surface area contributed by atoms with Gasteiger partial charge in [-0.25, -0.2) is 0 Å². The molecule has 0 bridgehead atoms. The minimum Gasteiger partial charge on any atom is -0.396 e. The third kappa shape index (κ3) is 1.94. The second kappa shape index (κ2) is 4.15. The first-order valence-electron chi connectivity index (χ1n) is 3.92. The topological polar surface area (TPSA) is 90.2 Å². The molecule has 1 rings (SSSR count). The number of aliphatic hydroxyl groups is 4. The summed E-state index contributed by atoms with van der Waals surface area (Å²) < 4.78 is 4.89. The smallest absolute Gasteiger partial charge is 0.162 e. The van der Waals surface area contributed by atoms with Crippen molar-refractivity contribution in [3.63, 3.8) is 0 Å². The van der Waals surface area contributed by atoms with Gasteiger partial charge in [0.05, 0.1) is 31.3 Å². The summed E-state index contributed by atoms with van der Waals surface area (Å²) in [5.74, 6) is -0.659. The number of hydrogen-bond acceptors (Lipinski definition) is 5. The summed E-state index contributed by atoms with van der Waals surface area (Å²) in [5.41, 5.74) is 0. The molecule has 1 fully saturated rings. The molecule has 0 aromatic carbocycles. The molecule has 0 radical (unpaired) electrons. The Morgan fingerprint density at radius 2 is 1.83 bits per heavy atom. The van der Waals surface area contributed by atoms with Crippen LogP contribution in [0.4, 0.5) is 0 Å². The van der Waals surface area contributed by atoms with Crippen molar-refractivity contribution in [1.29, 1.82) is 0 Å². The molecule has 0 saturated carbocycles. The third-order valence-corrected chi connectivity index (χ3v) is 2.11. The zero-order valence-electron chi connectivity index (χ0n) is 6.63. The second-order valence-electron chi connectivity index (χ2n) is 2.98. The SMILES string of the molecule is OCC1CC(O)C(CO)C(O)O1. The standard InChI is InChI=1S/C7H14O5/c8-2-4-1-6(10)5(3-9)7(11)12-4/h4-11H,1-3H2. The van der Waals surface area contributed by atoms with E-state index in [1.807, 2.05) is 0 Å². The fraction of sp³-hybridized carbons (Fsp3) is 1.00. The first-order chi connectivity index (χ1) is 5.69. The van der Waals surface area contributed by atoms with Gasteiger partial charge in [0.1, 0.15) is 0 Å². The highest BCUT2D eigenvalue weighted by Gasteiger charge is 2.35. The van der Waals surface area contributed by atoms with Crippen LogP contribution in [0.15, 0.2) is 0 Å². The van der Waals surface area contributed by atoms with Crippen LogP contribution in [-0.2, 0) is 4.74 Å². The molecule has 4 atom stereocenters. The van der Waals surface area contributed by atoms with Crippen molar-refractivity contribution >= 4 is 0 Å². The normalized spacial score (nSPS) is 43.0. The monoisotopic (exact) mass is 178 g/mol. The summed E-state index contributed by atoms with van der Waals surface area (Å²) >= 11 is 0. The number of aliphatic hydroxyl groups excluding tert-OH is 4. The van der Waals surface area contributed by atoms with Gasteiger partial charge in [0.25, 0.3) is 0 Å². The fourth-order valence-corrected chi connectivity index (χ4v) is 1.32. The van der Waals surface area contributed by atoms with Crippen molar-refractivity contribution in [2.45, 2.75) is 24.9 Å². The van der Waals surface area contributed by atoms with Gasteiger partial charge in [-0.15, -0.1) is 0 Å². The van der Waals surface area contributed by atoms with E-state index in [4.69, 9.17) is 14.9 Å². The van der Waals surface area contributed by atoms with Crippen LogP contribution in [0.25, 0.3) is 0 Å². The van der Waals surface area contributed by atoms with Crippen molar-refractivity contribution in [3.05, 3.63) is 0 Å². The summed E-state index contributed by atoms with van der Waals surface area (Å²) in [6, 6.07) is 0. The van der Waals surface area contributed by atoms with Crippen molar-refractivity contribution in [2.75, 3.05) is 13.2 Å². The van der Waals surface area contributed by atoms with Crippen LogP contribution in [-0.4, -0.2) is 52.1 Å². The molecule has 5 nitrogen and oxygen atoms in total. The van der Waals surface area contributed by atoms with Gasteiger partial charge in [-0.1, -0.05) is 0 Å². The lowest BCUT2D eigenvalue weighted by atomic mass is 9.94. The van der Waals surface area contributed by atoms with Crippen LogP contribution in [0.1, 0.15) is 6.42 Å². The van der Waals surface area contributed by atoms with Crippen molar-refractivity contribution < 1.29 is 25.2 Å². The van der Waals surface area contributed by atoms with Gasteiger partial charge in [0, 0.05) is 6.42 Å². The first kappa shape index (κ1) is 9.88. The molecule has 1 saturated heterocycles. The zero-order valence-corrected chi connectivity index (χ0v) is 6.63. The maximum Gasteiger partial charge on any atom is 0.162 e. The Morgan fingerprint density at radius 1 is 1.17 bits per heavy atom. The van der Waals surface area contributed by atoms with Crippen LogP contribution in [0.2, 0.25) is 0 Å². The Morgan fingerprint density at radius 3 is 2.25 bits per heavy atom. The molecule has 72 valence electrons. The summed E-state index contributed by atoms with van der Waals surface area (Å²) in [5, 5.41) is 35.9. The van der Waals surface area contributed by atoms with E-state index in [2.05, 4.69) is 0 Å². The minimum atomic E-state index is -1.18. The quantitative estimate of drug-likeness (QED) is 0.395. The van der Waals surface area contributed by atoms with Gasteiger partial charge in [0.15, 0.2) is 6.29 Å². The molecule has 4 N–H and O–H groups in total. The summed E-state index contributed by atoms with van der Waals surface area (Å²) in [7, 11) is 0. The highest BCUT2D eigenvalue weighted by Crippen LogP contribution is 2.23. The maximum atomic E-state index is 9.33. The lowest BCUT2D eigenvalue weighted by Crippen LogP contribution is -2.46. The van der Waals surface area contributed by atoms with Gasteiger partial charge in [-0.2, -0.15) is 0 Å². The van der Waals surface area contributed by atoms with E-state index >= 15 is 0 Å². The third-order valence-electron chi connectivity index (χ3n) is 2.11. The van der Waals surface area contributed by atoms with Crippen molar-refractivity contribution in [2.24, 2.45) is 5.92 Å². The van der Waals surface area contributed by atoms with Crippen LogP contribution in [0, 0.1) is 5.92 Å². The molecule has 0 spiro atoms. The Balaban J connectivity index is 2.51. The molecule has 4 unspecified atom stereocenters. The molecule has 1 aliphatic rings. The fourth-order valence-electron chi connectivity index (χ4n) is 1.32.